The molecule has 0 radical (unpaired) electrons. The van der Waals surface area contributed by atoms with Crippen LogP contribution in [0.3, 0.4) is 0 Å². The topological polar surface area (TPSA) is 61.4 Å². The van der Waals surface area contributed by atoms with E-state index in [1.165, 1.54) is 0 Å². The molecule has 94 valence electrons. The maximum atomic E-state index is 11.5. The normalized spacial score (nSPS) is 9.94. The van der Waals surface area contributed by atoms with Gasteiger partial charge in [-0.25, -0.2) is 0 Å². The van der Waals surface area contributed by atoms with Gasteiger partial charge in [-0.2, -0.15) is 0 Å². The van der Waals surface area contributed by atoms with Crippen LogP contribution in [0.15, 0.2) is 0 Å². The predicted octanol–water partition coefficient (Wildman–Crippen LogP) is -0.0294. The number of nitrogens with zero attached hydrogens (tertiary/aromatic N) is 1. The maximum Gasteiger partial charge on any atom is 0.241 e. The van der Waals surface area contributed by atoms with Crippen LogP contribution >= 0.6 is 0 Å². The lowest BCUT2D eigenvalue weighted by Gasteiger charge is -2.18. The minimum Gasteiger partial charge on any atom is -0.347 e. The highest BCUT2D eigenvalue weighted by Crippen LogP contribution is 1.89. The van der Waals surface area contributed by atoms with Crippen molar-refractivity contribution in [2.24, 2.45) is 0 Å². The molecule has 5 nitrogen and oxygen atoms in total. The molecule has 5 heteroatoms. The largest absolute Gasteiger partial charge is 0.347 e. The maximum absolute atomic E-state index is 11.5. The molecule has 0 aromatic rings. The van der Waals surface area contributed by atoms with Crippen molar-refractivity contribution in [3.05, 3.63) is 0 Å². The van der Waals surface area contributed by atoms with Gasteiger partial charge in [0.15, 0.2) is 0 Å². The van der Waals surface area contributed by atoms with Crippen LogP contribution in [-0.2, 0) is 9.59 Å². The second-order valence-corrected chi connectivity index (χ2v) is 3.55. The van der Waals surface area contributed by atoms with Crippen LogP contribution in [0.4, 0.5) is 0 Å². The molecule has 2 N–H and O–H groups in total. The highest BCUT2D eigenvalue weighted by atomic mass is 16.2. The Kier molecular flexibility index (Phi) is 8.52. The molecule has 0 aliphatic rings. The van der Waals surface area contributed by atoms with E-state index in [1.807, 2.05) is 20.9 Å². The molecule has 0 heterocycles. The van der Waals surface area contributed by atoms with Crippen molar-refractivity contribution < 1.29 is 9.59 Å². The fourth-order valence-corrected chi connectivity index (χ4v) is 1.38. The molecule has 0 bridgehead atoms. The second kappa shape index (κ2) is 9.15. The highest BCUT2D eigenvalue weighted by molar-refractivity contribution is 5.84. The van der Waals surface area contributed by atoms with Crippen LogP contribution in [-0.4, -0.2) is 49.9 Å². The molecule has 16 heavy (non-hydrogen) atoms. The van der Waals surface area contributed by atoms with Crippen molar-refractivity contribution in [3.8, 4) is 0 Å². The van der Waals surface area contributed by atoms with Gasteiger partial charge in [-0.3, -0.25) is 9.59 Å². The van der Waals surface area contributed by atoms with E-state index in [1.54, 1.807) is 4.90 Å². The van der Waals surface area contributed by atoms with Gasteiger partial charge in [-0.1, -0.05) is 0 Å². The Morgan fingerprint density at radius 3 is 2.31 bits per heavy atom. The Bertz CT molecular complexity index is 215. The first-order chi connectivity index (χ1) is 7.65. The van der Waals surface area contributed by atoms with Gasteiger partial charge in [-0.05, 0) is 33.9 Å². The zero-order valence-corrected chi connectivity index (χ0v) is 10.5. The summed E-state index contributed by atoms with van der Waals surface area (Å²) in [5.74, 6) is -0.0808. The lowest BCUT2D eigenvalue weighted by molar-refractivity contribution is -0.132. The standard InChI is InChI=1S/C11H23N3O2/c1-4-14(5-2)11(16)9-13-10(15)7-6-8-12-3/h12H,4-9H2,1-3H3,(H,13,15). The second-order valence-electron chi connectivity index (χ2n) is 3.55. The lowest BCUT2D eigenvalue weighted by Crippen LogP contribution is -2.40. The predicted molar refractivity (Wildman–Crippen MR) is 64.1 cm³/mol. The number of amides is 2. The summed E-state index contributed by atoms with van der Waals surface area (Å²) in [6.45, 7) is 6.15. The Balaban J connectivity index is 3.70. The van der Waals surface area contributed by atoms with E-state index in [9.17, 15) is 9.59 Å². The molecule has 0 atom stereocenters. The summed E-state index contributed by atoms with van der Waals surface area (Å²) in [4.78, 5) is 24.6. The average Bonchev–Trinajstić information content (AvgIpc) is 2.28. The number of carbonyl (C=O) groups excluding carboxylic acids is 2. The number of likely N-dealkylation sites (N-methyl/N-ethyl adjacent to an activating group) is 1. The van der Waals surface area contributed by atoms with E-state index in [0.717, 1.165) is 13.0 Å². The summed E-state index contributed by atoms with van der Waals surface area (Å²) in [5.41, 5.74) is 0. The molecule has 0 aromatic carbocycles. The molecule has 0 saturated carbocycles. The summed E-state index contributed by atoms with van der Waals surface area (Å²) in [7, 11) is 1.85. The van der Waals surface area contributed by atoms with Crippen LogP contribution in [0.5, 0.6) is 0 Å². The number of hydrogen-bond acceptors (Lipinski definition) is 3. The third kappa shape index (κ3) is 6.40. The summed E-state index contributed by atoms with van der Waals surface area (Å²) in [6, 6.07) is 0. The van der Waals surface area contributed by atoms with E-state index in [4.69, 9.17) is 0 Å². The van der Waals surface area contributed by atoms with Crippen LogP contribution in [0.25, 0.3) is 0 Å². The van der Waals surface area contributed by atoms with E-state index in [2.05, 4.69) is 10.6 Å². The lowest BCUT2D eigenvalue weighted by atomic mass is 10.3. The molecule has 0 aliphatic heterocycles. The smallest absolute Gasteiger partial charge is 0.241 e. The Morgan fingerprint density at radius 2 is 1.81 bits per heavy atom. The molecule has 2 amide bonds. The van der Waals surface area contributed by atoms with Crippen LogP contribution in [0, 0.1) is 0 Å². The third-order valence-electron chi connectivity index (χ3n) is 2.38. The SMILES string of the molecule is CCN(CC)C(=O)CNC(=O)CCCNC. The number of carbonyl (C=O) groups is 2. The minimum atomic E-state index is -0.0595. The monoisotopic (exact) mass is 229 g/mol. The van der Waals surface area contributed by atoms with Crippen molar-refractivity contribution in [2.75, 3.05) is 33.2 Å². The van der Waals surface area contributed by atoms with Gasteiger partial charge in [0.25, 0.3) is 0 Å². The minimum absolute atomic E-state index is 0.0213. The van der Waals surface area contributed by atoms with Crippen molar-refractivity contribution in [1.29, 1.82) is 0 Å². The number of nitrogens with one attached hydrogen (secondary N) is 2. The fraction of sp³-hybridized carbons (Fsp3) is 0.818. The van der Waals surface area contributed by atoms with Gasteiger partial charge in [-0.15, -0.1) is 0 Å². The molecule has 0 aliphatic carbocycles. The van der Waals surface area contributed by atoms with Crippen LogP contribution < -0.4 is 10.6 Å². The van der Waals surface area contributed by atoms with Gasteiger partial charge in [0, 0.05) is 19.5 Å². The molecule has 0 spiro atoms. The van der Waals surface area contributed by atoms with Gasteiger partial charge in [0.2, 0.25) is 11.8 Å². The summed E-state index contributed by atoms with van der Waals surface area (Å²) < 4.78 is 0. The van der Waals surface area contributed by atoms with Crippen molar-refractivity contribution >= 4 is 11.8 Å². The Hall–Kier alpha value is -1.10. The zero-order chi connectivity index (χ0) is 12.4. The molecule has 0 saturated heterocycles. The first kappa shape index (κ1) is 14.9. The fourth-order valence-electron chi connectivity index (χ4n) is 1.38. The molecular formula is C11H23N3O2. The Labute approximate surface area is 97.6 Å². The number of hydrogen-bond donors (Lipinski definition) is 2. The summed E-state index contributed by atoms with van der Waals surface area (Å²) in [6.07, 6.45) is 1.26. The van der Waals surface area contributed by atoms with Crippen molar-refractivity contribution in [3.63, 3.8) is 0 Å². The molecule has 0 unspecified atom stereocenters. The van der Waals surface area contributed by atoms with Crippen LogP contribution in [0.2, 0.25) is 0 Å². The van der Waals surface area contributed by atoms with E-state index >= 15 is 0 Å². The van der Waals surface area contributed by atoms with Crippen molar-refractivity contribution in [1.82, 2.24) is 15.5 Å². The molecule has 0 rings (SSSR count). The molecule has 0 aromatic heterocycles. The first-order valence-electron chi connectivity index (χ1n) is 5.84. The van der Waals surface area contributed by atoms with E-state index in [0.29, 0.717) is 19.5 Å². The van der Waals surface area contributed by atoms with Gasteiger partial charge >= 0.3 is 0 Å². The first-order valence-corrected chi connectivity index (χ1v) is 5.84. The quantitative estimate of drug-likeness (QED) is 0.575. The van der Waals surface area contributed by atoms with Gasteiger partial charge in [0.05, 0.1) is 6.54 Å². The van der Waals surface area contributed by atoms with Crippen molar-refractivity contribution in [2.45, 2.75) is 26.7 Å². The summed E-state index contributed by atoms with van der Waals surface area (Å²) >= 11 is 0. The molecular weight excluding hydrogens is 206 g/mol. The molecule has 0 fully saturated rings. The summed E-state index contributed by atoms with van der Waals surface area (Å²) in [5, 5.41) is 5.60. The third-order valence-corrected chi connectivity index (χ3v) is 2.38. The zero-order valence-electron chi connectivity index (χ0n) is 10.5. The van der Waals surface area contributed by atoms with Crippen LogP contribution in [0.1, 0.15) is 26.7 Å². The van der Waals surface area contributed by atoms with Gasteiger partial charge in [0.1, 0.15) is 0 Å². The van der Waals surface area contributed by atoms with Gasteiger partial charge < -0.3 is 15.5 Å². The average molecular weight is 229 g/mol. The van der Waals surface area contributed by atoms with E-state index < -0.39 is 0 Å². The Morgan fingerprint density at radius 1 is 1.19 bits per heavy atom. The van der Waals surface area contributed by atoms with E-state index in [-0.39, 0.29) is 18.4 Å². The number of rotatable bonds is 8. The highest BCUT2D eigenvalue weighted by Gasteiger charge is 2.10.